The van der Waals surface area contributed by atoms with Crippen LogP contribution in [0.15, 0.2) is 9.42 Å². The Morgan fingerprint density at radius 2 is 1.92 bits per heavy atom. The Bertz CT molecular complexity index is 649. The van der Waals surface area contributed by atoms with Crippen molar-refractivity contribution in [2.45, 2.75) is 57.8 Å². The van der Waals surface area contributed by atoms with Crippen molar-refractivity contribution in [1.82, 2.24) is 14.4 Å². The van der Waals surface area contributed by atoms with Crippen molar-refractivity contribution in [3.05, 3.63) is 11.5 Å². The summed E-state index contributed by atoms with van der Waals surface area (Å²) in [7, 11) is -3.63. The second kappa shape index (κ2) is 8.11. The van der Waals surface area contributed by atoms with Gasteiger partial charge in [-0.1, -0.05) is 24.9 Å². The summed E-state index contributed by atoms with van der Waals surface area (Å²) >= 11 is 0. The standard InChI is InChI=1S/C16H27N3O4S/c1-4-5-6-8-15(20)18-9-7-10-19(12-11-18)24(21,22)16-13(2)17-23-14(16)3/h4-12H2,1-3H3. The molecule has 0 atom stereocenters. The van der Waals surface area contributed by atoms with Crippen molar-refractivity contribution in [2.24, 2.45) is 0 Å². The zero-order valence-electron chi connectivity index (χ0n) is 14.7. The first-order valence-corrected chi connectivity index (χ1v) is 10.0. The van der Waals surface area contributed by atoms with E-state index in [2.05, 4.69) is 12.1 Å². The van der Waals surface area contributed by atoms with Gasteiger partial charge in [0.25, 0.3) is 0 Å². The topological polar surface area (TPSA) is 83.7 Å². The van der Waals surface area contributed by atoms with Gasteiger partial charge in [0.15, 0.2) is 5.76 Å². The third-order valence-electron chi connectivity index (χ3n) is 4.37. The Kier molecular flexibility index (Phi) is 6.40. The lowest BCUT2D eigenvalue weighted by Crippen LogP contribution is -2.37. The third-order valence-corrected chi connectivity index (χ3v) is 6.51. The van der Waals surface area contributed by atoms with E-state index in [1.165, 1.54) is 4.31 Å². The van der Waals surface area contributed by atoms with Crippen LogP contribution in [0, 0.1) is 13.8 Å². The summed E-state index contributed by atoms with van der Waals surface area (Å²) in [6.07, 6.45) is 4.21. The monoisotopic (exact) mass is 357 g/mol. The molecule has 2 heterocycles. The van der Waals surface area contributed by atoms with Crippen LogP contribution < -0.4 is 0 Å². The maximum atomic E-state index is 12.9. The van der Waals surface area contributed by atoms with Gasteiger partial charge in [0.05, 0.1) is 0 Å². The maximum absolute atomic E-state index is 12.9. The highest BCUT2D eigenvalue weighted by molar-refractivity contribution is 7.89. The van der Waals surface area contributed by atoms with Gasteiger partial charge >= 0.3 is 0 Å². The first-order chi connectivity index (χ1) is 11.4. The molecule has 2 rings (SSSR count). The number of amides is 1. The van der Waals surface area contributed by atoms with Crippen molar-refractivity contribution < 1.29 is 17.7 Å². The van der Waals surface area contributed by atoms with Crippen molar-refractivity contribution in [1.29, 1.82) is 0 Å². The summed E-state index contributed by atoms with van der Waals surface area (Å²) in [4.78, 5) is 14.2. The van der Waals surface area contributed by atoms with Crippen molar-refractivity contribution in [3.8, 4) is 0 Å². The molecule has 0 N–H and O–H groups in total. The average molecular weight is 357 g/mol. The number of aryl methyl sites for hydroxylation is 2. The van der Waals surface area contributed by atoms with Crippen LogP contribution in [0.4, 0.5) is 0 Å². The van der Waals surface area contributed by atoms with E-state index in [1.807, 2.05) is 0 Å². The summed E-state index contributed by atoms with van der Waals surface area (Å²) in [6, 6.07) is 0. The Balaban J connectivity index is 2.04. The predicted octanol–water partition coefficient (Wildman–Crippen LogP) is 2.09. The molecule has 1 fully saturated rings. The molecule has 136 valence electrons. The number of sulfonamides is 1. The third kappa shape index (κ3) is 4.16. The number of nitrogens with zero attached hydrogens (tertiary/aromatic N) is 3. The number of hydrogen-bond acceptors (Lipinski definition) is 5. The van der Waals surface area contributed by atoms with E-state index in [-0.39, 0.29) is 10.8 Å². The SMILES string of the molecule is CCCCCC(=O)N1CCCN(S(=O)(=O)c2c(C)noc2C)CC1. The minimum atomic E-state index is -3.63. The Morgan fingerprint density at radius 3 is 2.54 bits per heavy atom. The van der Waals surface area contributed by atoms with E-state index in [1.54, 1.807) is 18.7 Å². The second-order valence-electron chi connectivity index (χ2n) is 6.25. The summed E-state index contributed by atoms with van der Waals surface area (Å²) in [5, 5.41) is 3.74. The van der Waals surface area contributed by atoms with Crippen LogP contribution in [0.5, 0.6) is 0 Å². The fourth-order valence-corrected chi connectivity index (χ4v) is 4.80. The molecule has 1 aliphatic heterocycles. The van der Waals surface area contributed by atoms with Gasteiger partial charge in [-0.25, -0.2) is 8.42 Å². The maximum Gasteiger partial charge on any atom is 0.248 e. The van der Waals surface area contributed by atoms with Gasteiger partial charge in [-0.3, -0.25) is 4.79 Å². The molecular weight excluding hydrogens is 330 g/mol. The molecule has 24 heavy (non-hydrogen) atoms. The zero-order chi connectivity index (χ0) is 17.7. The number of unbranched alkanes of at least 4 members (excludes halogenated alkanes) is 2. The largest absolute Gasteiger partial charge is 0.360 e. The number of hydrogen-bond donors (Lipinski definition) is 0. The highest BCUT2D eigenvalue weighted by atomic mass is 32.2. The van der Waals surface area contributed by atoms with E-state index in [9.17, 15) is 13.2 Å². The fourth-order valence-electron chi connectivity index (χ4n) is 3.04. The summed E-state index contributed by atoms with van der Waals surface area (Å²) in [6.45, 7) is 7.11. The molecule has 8 heteroatoms. The molecule has 1 aromatic rings. The lowest BCUT2D eigenvalue weighted by molar-refractivity contribution is -0.131. The van der Waals surface area contributed by atoms with Gasteiger partial charge in [-0.2, -0.15) is 4.31 Å². The van der Waals surface area contributed by atoms with Crippen LogP contribution in [0.25, 0.3) is 0 Å². The molecule has 1 amide bonds. The summed E-state index contributed by atoms with van der Waals surface area (Å²) in [5.74, 6) is 0.435. The quantitative estimate of drug-likeness (QED) is 0.728. The first kappa shape index (κ1) is 18.9. The highest BCUT2D eigenvalue weighted by Crippen LogP contribution is 2.24. The minimum Gasteiger partial charge on any atom is -0.360 e. The Morgan fingerprint density at radius 1 is 1.17 bits per heavy atom. The normalized spacial score (nSPS) is 17.0. The summed E-state index contributed by atoms with van der Waals surface area (Å²) in [5.41, 5.74) is 0.379. The molecule has 0 unspecified atom stereocenters. The zero-order valence-corrected chi connectivity index (χ0v) is 15.6. The molecule has 0 bridgehead atoms. The van der Waals surface area contributed by atoms with Crippen LogP contribution in [0.3, 0.4) is 0 Å². The van der Waals surface area contributed by atoms with Crippen LogP contribution >= 0.6 is 0 Å². The lowest BCUT2D eigenvalue weighted by atomic mass is 10.2. The van der Waals surface area contributed by atoms with Gasteiger partial charge < -0.3 is 9.42 Å². The number of rotatable bonds is 6. The molecule has 0 aliphatic carbocycles. The van der Waals surface area contributed by atoms with E-state index in [4.69, 9.17) is 4.52 Å². The molecular formula is C16H27N3O4S. The fraction of sp³-hybridized carbons (Fsp3) is 0.750. The second-order valence-corrected chi connectivity index (χ2v) is 8.12. The van der Waals surface area contributed by atoms with E-state index < -0.39 is 10.0 Å². The van der Waals surface area contributed by atoms with Gasteiger partial charge in [-0.15, -0.1) is 0 Å². The van der Waals surface area contributed by atoms with Crippen molar-refractivity contribution in [2.75, 3.05) is 26.2 Å². The van der Waals surface area contributed by atoms with Gasteiger partial charge in [0.1, 0.15) is 10.6 Å². The first-order valence-electron chi connectivity index (χ1n) is 8.58. The number of carbonyl (C=O) groups is 1. The Labute approximate surface area is 144 Å². The smallest absolute Gasteiger partial charge is 0.248 e. The van der Waals surface area contributed by atoms with Crippen LogP contribution in [-0.4, -0.2) is 54.9 Å². The molecule has 1 aliphatic rings. The molecule has 7 nitrogen and oxygen atoms in total. The van der Waals surface area contributed by atoms with Crippen LogP contribution in [-0.2, 0) is 14.8 Å². The van der Waals surface area contributed by atoms with E-state index >= 15 is 0 Å². The van der Waals surface area contributed by atoms with Crippen molar-refractivity contribution in [3.63, 3.8) is 0 Å². The lowest BCUT2D eigenvalue weighted by Gasteiger charge is -2.22. The molecule has 1 saturated heterocycles. The molecule has 0 radical (unpaired) electrons. The van der Waals surface area contributed by atoms with Gasteiger partial charge in [-0.05, 0) is 26.7 Å². The van der Waals surface area contributed by atoms with Gasteiger partial charge in [0.2, 0.25) is 15.9 Å². The molecule has 1 aromatic heterocycles. The molecule has 0 saturated carbocycles. The molecule has 0 spiro atoms. The average Bonchev–Trinajstić information content (AvgIpc) is 2.76. The number of carbonyl (C=O) groups excluding carboxylic acids is 1. The molecule has 0 aromatic carbocycles. The minimum absolute atomic E-state index is 0.125. The van der Waals surface area contributed by atoms with Crippen LogP contribution in [0.2, 0.25) is 0 Å². The summed E-state index contributed by atoms with van der Waals surface area (Å²) < 4.78 is 32.1. The van der Waals surface area contributed by atoms with Crippen LogP contribution in [0.1, 0.15) is 50.5 Å². The van der Waals surface area contributed by atoms with E-state index in [0.29, 0.717) is 50.5 Å². The highest BCUT2D eigenvalue weighted by Gasteiger charge is 2.32. The Hall–Kier alpha value is -1.41. The van der Waals surface area contributed by atoms with Gasteiger partial charge in [0, 0.05) is 32.6 Å². The van der Waals surface area contributed by atoms with Crippen molar-refractivity contribution >= 4 is 15.9 Å². The predicted molar refractivity (Wildman–Crippen MR) is 90.1 cm³/mol. The number of aromatic nitrogens is 1. The van der Waals surface area contributed by atoms with E-state index in [0.717, 1.165) is 19.3 Å².